The summed E-state index contributed by atoms with van der Waals surface area (Å²) in [4.78, 5) is 19.4. The van der Waals surface area contributed by atoms with Crippen LogP contribution in [0.2, 0.25) is 0 Å². The Labute approximate surface area is 136 Å². The first-order valence-corrected chi connectivity index (χ1v) is 8.47. The first-order chi connectivity index (χ1) is 10.1. The normalized spacial score (nSPS) is 12.3. The van der Waals surface area contributed by atoms with Crippen molar-refractivity contribution in [3.63, 3.8) is 0 Å². The van der Waals surface area contributed by atoms with Crippen LogP contribution in [0.5, 0.6) is 0 Å². The predicted octanol–water partition coefficient (Wildman–Crippen LogP) is 3.74. The highest BCUT2D eigenvalue weighted by atomic mass is 79.9. The highest BCUT2D eigenvalue weighted by molar-refractivity contribution is 9.10. The molecule has 112 valence electrons. The average molecular weight is 368 g/mol. The quantitative estimate of drug-likeness (QED) is 0.763. The van der Waals surface area contributed by atoms with Crippen molar-refractivity contribution in [2.45, 2.75) is 36.4 Å². The Morgan fingerprint density at radius 3 is 2.95 bits per heavy atom. The number of nitrogens with zero attached hydrogens (tertiary/aromatic N) is 1. The lowest BCUT2D eigenvalue weighted by Gasteiger charge is -2.17. The molecule has 1 aromatic heterocycles. The van der Waals surface area contributed by atoms with Gasteiger partial charge in [0, 0.05) is 27.7 Å². The number of aromatic amines is 1. The van der Waals surface area contributed by atoms with Crippen molar-refractivity contribution in [2.75, 3.05) is 6.54 Å². The summed E-state index contributed by atoms with van der Waals surface area (Å²) in [5.74, 6) is 0. The van der Waals surface area contributed by atoms with Crippen molar-refractivity contribution in [2.24, 2.45) is 0 Å². The smallest absolute Gasteiger partial charge is 0.251 e. The van der Waals surface area contributed by atoms with E-state index < -0.39 is 0 Å². The van der Waals surface area contributed by atoms with Crippen LogP contribution in [0.15, 0.2) is 49.8 Å². The molecule has 21 heavy (non-hydrogen) atoms. The van der Waals surface area contributed by atoms with Crippen LogP contribution in [0.3, 0.4) is 0 Å². The van der Waals surface area contributed by atoms with Crippen molar-refractivity contribution >= 4 is 27.7 Å². The third-order valence-electron chi connectivity index (χ3n) is 2.99. The first-order valence-electron chi connectivity index (χ1n) is 6.86. The van der Waals surface area contributed by atoms with Crippen molar-refractivity contribution in [1.82, 2.24) is 15.3 Å². The van der Waals surface area contributed by atoms with Gasteiger partial charge in [-0.1, -0.05) is 34.6 Å². The Bertz CT molecular complexity index is 659. The Hall–Kier alpha value is -1.11. The van der Waals surface area contributed by atoms with Crippen LogP contribution in [-0.2, 0) is 0 Å². The Morgan fingerprint density at radius 1 is 1.43 bits per heavy atom. The number of aromatic nitrogens is 2. The van der Waals surface area contributed by atoms with Crippen molar-refractivity contribution < 1.29 is 0 Å². The van der Waals surface area contributed by atoms with Crippen molar-refractivity contribution in [1.29, 1.82) is 0 Å². The molecule has 0 aliphatic rings. The molecule has 1 atom stereocenters. The average Bonchev–Trinajstić information content (AvgIpc) is 2.46. The lowest BCUT2D eigenvalue weighted by atomic mass is 10.1. The van der Waals surface area contributed by atoms with Gasteiger partial charge in [0.15, 0.2) is 5.16 Å². The molecule has 1 heterocycles. The zero-order valence-electron chi connectivity index (χ0n) is 12.0. The molecule has 0 bridgehead atoms. The van der Waals surface area contributed by atoms with E-state index in [1.807, 2.05) is 12.1 Å². The summed E-state index contributed by atoms with van der Waals surface area (Å²) in [6.07, 6.45) is 2.62. The molecule has 0 saturated heterocycles. The molecule has 0 fully saturated rings. The maximum absolute atomic E-state index is 11.4. The number of hydrogen-bond donors (Lipinski definition) is 2. The maximum Gasteiger partial charge on any atom is 0.251 e. The predicted molar refractivity (Wildman–Crippen MR) is 89.8 cm³/mol. The number of halogens is 1. The molecule has 1 unspecified atom stereocenters. The van der Waals surface area contributed by atoms with Crippen LogP contribution in [0, 0.1) is 0 Å². The SMILES string of the molecule is CCCNC(C)c1cc(Br)ccc1Sc1nccc(=O)[nH]1. The van der Waals surface area contributed by atoms with Crippen LogP contribution in [0.4, 0.5) is 0 Å². The highest BCUT2D eigenvalue weighted by Gasteiger charge is 2.12. The van der Waals surface area contributed by atoms with Gasteiger partial charge in [0.2, 0.25) is 0 Å². The molecule has 2 rings (SSSR count). The molecular formula is C15H18BrN3OS. The second kappa shape index (κ2) is 7.77. The minimum absolute atomic E-state index is 0.136. The van der Waals surface area contributed by atoms with E-state index in [4.69, 9.17) is 0 Å². The number of rotatable bonds is 6. The summed E-state index contributed by atoms with van der Waals surface area (Å²) in [5, 5.41) is 4.09. The van der Waals surface area contributed by atoms with Gasteiger partial charge in [0.25, 0.3) is 5.56 Å². The van der Waals surface area contributed by atoms with Crippen molar-refractivity contribution in [3.8, 4) is 0 Å². The number of nitrogens with one attached hydrogen (secondary N) is 2. The van der Waals surface area contributed by atoms with Crippen molar-refractivity contribution in [3.05, 3.63) is 50.9 Å². The summed E-state index contributed by atoms with van der Waals surface area (Å²) < 4.78 is 1.04. The lowest BCUT2D eigenvalue weighted by Crippen LogP contribution is -2.19. The molecule has 0 radical (unpaired) electrons. The van der Waals surface area contributed by atoms with E-state index in [1.54, 1.807) is 0 Å². The van der Waals surface area contributed by atoms with E-state index in [2.05, 4.69) is 51.1 Å². The fourth-order valence-electron chi connectivity index (χ4n) is 1.93. The molecule has 0 aliphatic carbocycles. The van der Waals surface area contributed by atoms with E-state index >= 15 is 0 Å². The minimum atomic E-state index is -0.136. The zero-order valence-corrected chi connectivity index (χ0v) is 14.4. The third-order valence-corrected chi connectivity index (χ3v) is 4.48. The first kappa shape index (κ1) is 16.3. The Balaban J connectivity index is 2.28. The van der Waals surface area contributed by atoms with Crippen LogP contribution in [-0.4, -0.2) is 16.5 Å². The van der Waals surface area contributed by atoms with E-state index in [0.717, 1.165) is 22.3 Å². The monoisotopic (exact) mass is 367 g/mol. The van der Waals surface area contributed by atoms with Gasteiger partial charge in [-0.25, -0.2) is 4.98 Å². The van der Waals surface area contributed by atoms with Gasteiger partial charge in [-0.15, -0.1) is 0 Å². The fourth-order valence-corrected chi connectivity index (χ4v) is 3.27. The molecule has 0 saturated carbocycles. The second-order valence-electron chi connectivity index (χ2n) is 4.70. The van der Waals surface area contributed by atoms with Gasteiger partial charge < -0.3 is 10.3 Å². The topological polar surface area (TPSA) is 57.8 Å². The van der Waals surface area contributed by atoms with E-state index in [0.29, 0.717) is 5.16 Å². The maximum atomic E-state index is 11.4. The molecular weight excluding hydrogens is 350 g/mol. The summed E-state index contributed by atoms with van der Waals surface area (Å²) >= 11 is 4.99. The highest BCUT2D eigenvalue weighted by Crippen LogP contribution is 2.33. The fraction of sp³-hybridized carbons (Fsp3) is 0.333. The summed E-state index contributed by atoms with van der Waals surface area (Å²) in [6.45, 7) is 5.26. The molecule has 0 amide bonds. The van der Waals surface area contributed by atoms with E-state index in [9.17, 15) is 4.79 Å². The van der Waals surface area contributed by atoms with Gasteiger partial charge in [0.1, 0.15) is 0 Å². The van der Waals surface area contributed by atoms with E-state index in [-0.39, 0.29) is 11.6 Å². The van der Waals surface area contributed by atoms with Crippen LogP contribution in [0.25, 0.3) is 0 Å². The second-order valence-corrected chi connectivity index (χ2v) is 6.65. The standard InChI is InChI=1S/C15H18BrN3OS/c1-3-7-17-10(2)12-9-11(16)4-5-13(12)21-15-18-8-6-14(20)19-15/h4-6,8-10,17H,3,7H2,1-2H3,(H,18,19,20). The molecule has 0 spiro atoms. The molecule has 2 N–H and O–H groups in total. The Morgan fingerprint density at radius 2 is 2.24 bits per heavy atom. The number of benzene rings is 1. The lowest BCUT2D eigenvalue weighted by molar-refractivity contribution is 0.563. The van der Waals surface area contributed by atoms with Gasteiger partial charge >= 0.3 is 0 Å². The molecule has 0 aliphatic heterocycles. The van der Waals surface area contributed by atoms with Crippen LogP contribution in [0.1, 0.15) is 31.9 Å². The van der Waals surface area contributed by atoms with Crippen LogP contribution < -0.4 is 10.9 Å². The van der Waals surface area contributed by atoms with E-state index in [1.165, 1.54) is 29.6 Å². The minimum Gasteiger partial charge on any atom is -0.310 e. The van der Waals surface area contributed by atoms with Crippen LogP contribution >= 0.6 is 27.7 Å². The van der Waals surface area contributed by atoms with Gasteiger partial charge in [-0.05, 0) is 43.7 Å². The summed E-state index contributed by atoms with van der Waals surface area (Å²) in [7, 11) is 0. The summed E-state index contributed by atoms with van der Waals surface area (Å²) in [5.41, 5.74) is 1.05. The van der Waals surface area contributed by atoms with Gasteiger partial charge in [-0.2, -0.15) is 0 Å². The third kappa shape index (κ3) is 4.69. The molecule has 1 aromatic carbocycles. The largest absolute Gasteiger partial charge is 0.310 e. The van der Waals surface area contributed by atoms with Gasteiger partial charge in [-0.3, -0.25) is 4.79 Å². The molecule has 2 aromatic rings. The molecule has 4 nitrogen and oxygen atoms in total. The van der Waals surface area contributed by atoms with Gasteiger partial charge in [0.05, 0.1) is 0 Å². The number of hydrogen-bond acceptors (Lipinski definition) is 4. The number of H-pyrrole nitrogens is 1. The zero-order chi connectivity index (χ0) is 15.2. The summed E-state index contributed by atoms with van der Waals surface area (Å²) in [6, 6.07) is 7.80. The molecule has 6 heteroatoms. The Kier molecular flexibility index (Phi) is 6.02.